The third kappa shape index (κ3) is 4.38. The Bertz CT molecular complexity index is 550. The van der Waals surface area contributed by atoms with Crippen molar-refractivity contribution in [3.8, 4) is 0 Å². The Labute approximate surface area is 126 Å². The van der Waals surface area contributed by atoms with Crippen LogP contribution in [0.1, 0.15) is 16.7 Å². The first-order valence-electron chi connectivity index (χ1n) is 7.69. The van der Waals surface area contributed by atoms with E-state index in [1.807, 2.05) is 12.4 Å². The van der Waals surface area contributed by atoms with Crippen molar-refractivity contribution in [2.24, 2.45) is 0 Å². The molecule has 1 aliphatic heterocycles. The number of ether oxygens (including phenoxy) is 1. The molecule has 1 atom stereocenters. The Kier molecular flexibility index (Phi) is 4.98. The van der Waals surface area contributed by atoms with E-state index in [-0.39, 0.29) is 0 Å². The Morgan fingerprint density at radius 2 is 1.86 bits per heavy atom. The molecule has 3 heteroatoms. The maximum absolute atomic E-state index is 5.78. The summed E-state index contributed by atoms with van der Waals surface area (Å²) in [5.41, 5.74) is 4.11. The zero-order chi connectivity index (χ0) is 14.3. The number of nitrogens with zero attached hydrogens (tertiary/aromatic N) is 1. The van der Waals surface area contributed by atoms with Crippen molar-refractivity contribution in [1.29, 1.82) is 0 Å². The second kappa shape index (κ2) is 7.34. The van der Waals surface area contributed by atoms with Crippen LogP contribution in [0.4, 0.5) is 0 Å². The van der Waals surface area contributed by atoms with Crippen LogP contribution in [-0.2, 0) is 24.0 Å². The van der Waals surface area contributed by atoms with Crippen LogP contribution in [0.2, 0.25) is 0 Å². The molecule has 1 aromatic carbocycles. The molecule has 1 fully saturated rings. The van der Waals surface area contributed by atoms with Crippen LogP contribution in [0.3, 0.4) is 0 Å². The van der Waals surface area contributed by atoms with Crippen LogP contribution in [0, 0.1) is 0 Å². The van der Waals surface area contributed by atoms with Gasteiger partial charge >= 0.3 is 0 Å². The van der Waals surface area contributed by atoms with E-state index in [0.717, 1.165) is 39.0 Å². The standard InChI is InChI=1S/C18H22N2O/c1-2-16(5-4-15-6-8-19-9-7-15)12-17(3-1)13-18-14-20-10-11-21-18/h1-3,6-9,12,18,20H,4-5,10-11,13-14H2. The van der Waals surface area contributed by atoms with Crippen LogP contribution in [-0.4, -0.2) is 30.8 Å². The summed E-state index contributed by atoms with van der Waals surface area (Å²) in [7, 11) is 0. The molecule has 1 saturated heterocycles. The maximum Gasteiger partial charge on any atom is 0.0740 e. The Hall–Kier alpha value is -1.71. The molecule has 0 aliphatic carbocycles. The molecule has 1 aromatic heterocycles. The van der Waals surface area contributed by atoms with Gasteiger partial charge in [0.05, 0.1) is 12.7 Å². The van der Waals surface area contributed by atoms with Gasteiger partial charge in [-0.05, 0) is 48.1 Å². The summed E-state index contributed by atoms with van der Waals surface area (Å²) in [5.74, 6) is 0. The number of benzene rings is 1. The molecule has 1 unspecified atom stereocenters. The van der Waals surface area contributed by atoms with Crippen molar-refractivity contribution in [3.05, 3.63) is 65.5 Å². The summed E-state index contributed by atoms with van der Waals surface area (Å²) >= 11 is 0. The van der Waals surface area contributed by atoms with Gasteiger partial charge in [0, 0.05) is 25.5 Å². The Balaban J connectivity index is 1.57. The molecule has 0 radical (unpaired) electrons. The number of pyridine rings is 1. The fourth-order valence-corrected chi connectivity index (χ4v) is 2.76. The normalized spacial score (nSPS) is 18.6. The summed E-state index contributed by atoms with van der Waals surface area (Å²) in [5, 5.41) is 3.39. The van der Waals surface area contributed by atoms with Gasteiger partial charge in [-0.3, -0.25) is 4.98 Å². The molecule has 0 saturated carbocycles. The van der Waals surface area contributed by atoms with E-state index in [4.69, 9.17) is 4.74 Å². The predicted molar refractivity (Wildman–Crippen MR) is 84.4 cm³/mol. The highest BCUT2D eigenvalue weighted by atomic mass is 16.5. The lowest BCUT2D eigenvalue weighted by Gasteiger charge is -2.23. The van der Waals surface area contributed by atoms with Crippen LogP contribution >= 0.6 is 0 Å². The van der Waals surface area contributed by atoms with Crippen molar-refractivity contribution in [3.63, 3.8) is 0 Å². The third-order valence-corrected chi connectivity index (χ3v) is 3.91. The minimum atomic E-state index is 0.314. The van der Waals surface area contributed by atoms with Crippen molar-refractivity contribution >= 4 is 0 Å². The number of rotatable bonds is 5. The first-order valence-corrected chi connectivity index (χ1v) is 7.69. The fourth-order valence-electron chi connectivity index (χ4n) is 2.76. The SMILES string of the molecule is c1cc(CCc2ccncc2)cc(CC2CNCCO2)c1. The molecule has 21 heavy (non-hydrogen) atoms. The van der Waals surface area contributed by atoms with Gasteiger partial charge in [0.25, 0.3) is 0 Å². The largest absolute Gasteiger partial charge is 0.375 e. The lowest BCUT2D eigenvalue weighted by Crippen LogP contribution is -2.39. The van der Waals surface area contributed by atoms with E-state index in [0.29, 0.717) is 6.10 Å². The van der Waals surface area contributed by atoms with Crippen LogP contribution < -0.4 is 5.32 Å². The number of aryl methyl sites for hydroxylation is 2. The van der Waals surface area contributed by atoms with Gasteiger partial charge in [0.15, 0.2) is 0 Å². The molecular weight excluding hydrogens is 260 g/mol. The summed E-state index contributed by atoms with van der Waals surface area (Å²) < 4.78 is 5.78. The minimum absolute atomic E-state index is 0.314. The second-order valence-electron chi connectivity index (χ2n) is 5.58. The van der Waals surface area contributed by atoms with E-state index in [1.54, 1.807) is 0 Å². The van der Waals surface area contributed by atoms with Gasteiger partial charge in [-0.15, -0.1) is 0 Å². The molecule has 1 N–H and O–H groups in total. The lowest BCUT2D eigenvalue weighted by molar-refractivity contribution is 0.0292. The van der Waals surface area contributed by atoms with Crippen molar-refractivity contribution in [2.75, 3.05) is 19.7 Å². The number of nitrogens with one attached hydrogen (secondary N) is 1. The molecule has 1 aliphatic rings. The molecule has 2 heterocycles. The molecular formula is C18H22N2O. The summed E-state index contributed by atoms with van der Waals surface area (Å²) in [6, 6.07) is 13.1. The van der Waals surface area contributed by atoms with E-state index >= 15 is 0 Å². The molecule has 0 bridgehead atoms. The highest BCUT2D eigenvalue weighted by molar-refractivity contribution is 5.25. The number of hydrogen-bond acceptors (Lipinski definition) is 3. The average molecular weight is 282 g/mol. The van der Waals surface area contributed by atoms with Crippen molar-refractivity contribution in [2.45, 2.75) is 25.4 Å². The Morgan fingerprint density at radius 1 is 1.05 bits per heavy atom. The highest BCUT2D eigenvalue weighted by Gasteiger charge is 2.13. The zero-order valence-corrected chi connectivity index (χ0v) is 12.3. The van der Waals surface area contributed by atoms with Gasteiger partial charge in [-0.1, -0.05) is 24.3 Å². The fraction of sp³-hybridized carbons (Fsp3) is 0.389. The monoisotopic (exact) mass is 282 g/mol. The first kappa shape index (κ1) is 14.2. The number of morpholine rings is 1. The Morgan fingerprint density at radius 3 is 2.67 bits per heavy atom. The van der Waals surface area contributed by atoms with Gasteiger partial charge in [-0.25, -0.2) is 0 Å². The molecule has 2 aromatic rings. The second-order valence-corrected chi connectivity index (χ2v) is 5.58. The summed E-state index contributed by atoms with van der Waals surface area (Å²) in [6.45, 7) is 2.76. The average Bonchev–Trinajstić information content (AvgIpc) is 2.55. The topological polar surface area (TPSA) is 34.2 Å². The lowest BCUT2D eigenvalue weighted by atomic mass is 10.0. The van der Waals surface area contributed by atoms with Crippen molar-refractivity contribution in [1.82, 2.24) is 10.3 Å². The molecule has 3 nitrogen and oxygen atoms in total. The molecule has 110 valence electrons. The maximum atomic E-state index is 5.78. The summed E-state index contributed by atoms with van der Waals surface area (Å²) in [4.78, 5) is 4.06. The van der Waals surface area contributed by atoms with Gasteiger partial charge in [-0.2, -0.15) is 0 Å². The highest BCUT2D eigenvalue weighted by Crippen LogP contribution is 2.13. The summed E-state index contributed by atoms with van der Waals surface area (Å²) in [6.07, 6.45) is 7.16. The van der Waals surface area contributed by atoms with E-state index in [1.165, 1.54) is 16.7 Å². The van der Waals surface area contributed by atoms with E-state index in [2.05, 4.69) is 46.7 Å². The number of aromatic nitrogens is 1. The predicted octanol–water partition coefficient (Wildman–Crippen LogP) is 2.40. The van der Waals surface area contributed by atoms with Crippen LogP contribution in [0.25, 0.3) is 0 Å². The molecule has 3 rings (SSSR count). The van der Waals surface area contributed by atoms with Gasteiger partial charge < -0.3 is 10.1 Å². The quantitative estimate of drug-likeness (QED) is 0.914. The van der Waals surface area contributed by atoms with E-state index in [9.17, 15) is 0 Å². The smallest absolute Gasteiger partial charge is 0.0740 e. The van der Waals surface area contributed by atoms with Crippen molar-refractivity contribution < 1.29 is 4.74 Å². The molecule has 0 spiro atoms. The zero-order valence-electron chi connectivity index (χ0n) is 12.3. The van der Waals surface area contributed by atoms with Crippen LogP contribution in [0.15, 0.2) is 48.8 Å². The van der Waals surface area contributed by atoms with Gasteiger partial charge in [0.1, 0.15) is 0 Å². The molecule has 0 amide bonds. The van der Waals surface area contributed by atoms with Gasteiger partial charge in [0.2, 0.25) is 0 Å². The van der Waals surface area contributed by atoms with Crippen LogP contribution in [0.5, 0.6) is 0 Å². The first-order chi connectivity index (χ1) is 10.4. The number of hydrogen-bond donors (Lipinski definition) is 1. The van der Waals surface area contributed by atoms with E-state index < -0.39 is 0 Å². The third-order valence-electron chi connectivity index (χ3n) is 3.91. The minimum Gasteiger partial charge on any atom is -0.375 e.